The molecule has 0 saturated carbocycles. The van der Waals surface area contributed by atoms with E-state index in [2.05, 4.69) is 4.98 Å². The third-order valence-corrected chi connectivity index (χ3v) is 3.57. The monoisotopic (exact) mass is 312 g/mol. The molecule has 0 aliphatic heterocycles. The highest BCUT2D eigenvalue weighted by atomic mass is 35.5. The van der Waals surface area contributed by atoms with E-state index in [4.69, 9.17) is 45.0 Å². The summed E-state index contributed by atoms with van der Waals surface area (Å²) in [6.45, 7) is 0. The minimum absolute atomic E-state index is 0.201. The van der Waals surface area contributed by atoms with Crippen LogP contribution in [0.3, 0.4) is 0 Å². The van der Waals surface area contributed by atoms with Crippen molar-refractivity contribution >= 4 is 51.6 Å². The lowest BCUT2D eigenvalue weighted by atomic mass is 10.2. The lowest BCUT2D eigenvalue weighted by Crippen LogP contribution is -1.93. The molecule has 0 radical (unpaired) electrons. The van der Waals surface area contributed by atoms with Crippen molar-refractivity contribution in [3.05, 3.63) is 45.4 Å². The van der Waals surface area contributed by atoms with Gasteiger partial charge < -0.3 is 10.2 Å². The maximum atomic E-state index is 6.11. The van der Waals surface area contributed by atoms with Crippen LogP contribution in [0.1, 0.15) is 0 Å². The predicted molar refractivity (Wildman–Crippen MR) is 78.9 cm³/mol. The Balaban J connectivity index is 2.25. The molecule has 1 aromatic carbocycles. The summed E-state index contributed by atoms with van der Waals surface area (Å²) in [6.07, 6.45) is 0. The summed E-state index contributed by atoms with van der Waals surface area (Å²) in [7, 11) is 0. The van der Waals surface area contributed by atoms with Gasteiger partial charge in [0.2, 0.25) is 0 Å². The van der Waals surface area contributed by atoms with Gasteiger partial charge in [-0.3, -0.25) is 0 Å². The number of para-hydroxylation sites is 1. The Morgan fingerprint density at radius 3 is 2.53 bits per heavy atom. The zero-order valence-electron chi connectivity index (χ0n) is 9.45. The Kier molecular flexibility index (Phi) is 3.05. The number of anilines is 1. The average molecular weight is 314 g/mol. The number of nitrogen functional groups attached to an aromatic ring is 1. The lowest BCUT2D eigenvalue weighted by Gasteiger charge is -2.03. The Hall–Kier alpha value is -1.42. The van der Waals surface area contributed by atoms with Crippen LogP contribution in [0.5, 0.6) is 0 Å². The van der Waals surface area contributed by atoms with Gasteiger partial charge in [0.25, 0.3) is 0 Å². The summed E-state index contributed by atoms with van der Waals surface area (Å²) >= 11 is 18.0. The Morgan fingerprint density at radius 2 is 1.79 bits per heavy atom. The summed E-state index contributed by atoms with van der Waals surface area (Å²) in [6, 6.07) is 8.83. The van der Waals surface area contributed by atoms with Gasteiger partial charge in [-0.2, -0.15) is 0 Å². The molecular weight excluding hydrogens is 307 g/mol. The van der Waals surface area contributed by atoms with E-state index in [0.717, 1.165) is 5.39 Å². The molecule has 96 valence electrons. The van der Waals surface area contributed by atoms with Crippen molar-refractivity contribution in [1.82, 2.24) is 4.98 Å². The molecule has 6 heteroatoms. The number of halogens is 3. The Labute approximate surface area is 123 Å². The van der Waals surface area contributed by atoms with Gasteiger partial charge in [0.15, 0.2) is 11.3 Å². The molecule has 0 unspecified atom stereocenters. The van der Waals surface area contributed by atoms with Gasteiger partial charge in [-0.15, -0.1) is 0 Å². The second-order valence-electron chi connectivity index (χ2n) is 3.95. The normalized spacial score (nSPS) is 11.1. The van der Waals surface area contributed by atoms with Crippen LogP contribution in [0, 0.1) is 0 Å². The van der Waals surface area contributed by atoms with Gasteiger partial charge >= 0.3 is 0 Å². The van der Waals surface area contributed by atoms with E-state index < -0.39 is 0 Å². The minimum Gasteiger partial charge on any atom is -0.453 e. The smallest absolute Gasteiger partial charge is 0.155 e. The van der Waals surface area contributed by atoms with Crippen LogP contribution in [0.4, 0.5) is 5.82 Å². The standard InChI is InChI=1S/C13H7Cl3N2O/c14-7-3-1-2-6-4-10(19-12(6)7)11-8(15)5-9(16)13(17)18-11/h1-5H,(H2,17,18). The Bertz CT molecular complexity index is 783. The summed E-state index contributed by atoms with van der Waals surface area (Å²) in [5, 5.41) is 2.08. The number of aromatic nitrogens is 1. The quantitative estimate of drug-likeness (QED) is 0.685. The number of hydrogen-bond donors (Lipinski definition) is 1. The van der Waals surface area contributed by atoms with Crippen molar-refractivity contribution in [3.8, 4) is 11.5 Å². The molecule has 0 aliphatic rings. The molecule has 2 aromatic heterocycles. The van der Waals surface area contributed by atoms with Crippen LogP contribution in [0.2, 0.25) is 15.1 Å². The highest BCUT2D eigenvalue weighted by Crippen LogP contribution is 2.36. The van der Waals surface area contributed by atoms with Gasteiger partial charge in [-0.1, -0.05) is 46.9 Å². The highest BCUT2D eigenvalue weighted by molar-refractivity contribution is 6.37. The zero-order valence-corrected chi connectivity index (χ0v) is 11.7. The van der Waals surface area contributed by atoms with Crippen LogP contribution in [-0.2, 0) is 0 Å². The molecule has 0 amide bonds. The highest BCUT2D eigenvalue weighted by Gasteiger charge is 2.15. The first-order valence-electron chi connectivity index (χ1n) is 5.36. The molecule has 0 spiro atoms. The molecule has 2 heterocycles. The molecule has 0 atom stereocenters. The second-order valence-corrected chi connectivity index (χ2v) is 5.18. The summed E-state index contributed by atoms with van der Waals surface area (Å²) < 4.78 is 5.68. The fourth-order valence-electron chi connectivity index (χ4n) is 1.80. The molecule has 0 saturated heterocycles. The van der Waals surface area contributed by atoms with Gasteiger partial charge in [-0.25, -0.2) is 4.98 Å². The maximum absolute atomic E-state index is 6.11. The second kappa shape index (κ2) is 4.60. The molecule has 2 N–H and O–H groups in total. The largest absolute Gasteiger partial charge is 0.453 e. The van der Waals surface area contributed by atoms with Crippen molar-refractivity contribution in [1.29, 1.82) is 0 Å². The van der Waals surface area contributed by atoms with Gasteiger partial charge in [-0.05, 0) is 18.2 Å². The van der Waals surface area contributed by atoms with Crippen molar-refractivity contribution in [2.45, 2.75) is 0 Å². The van der Waals surface area contributed by atoms with Crippen LogP contribution >= 0.6 is 34.8 Å². The Morgan fingerprint density at radius 1 is 1.00 bits per heavy atom. The molecule has 0 bridgehead atoms. The SMILES string of the molecule is Nc1nc(-c2cc3cccc(Cl)c3o2)c(Cl)cc1Cl. The maximum Gasteiger partial charge on any atom is 0.155 e. The van der Waals surface area contributed by atoms with Crippen molar-refractivity contribution in [2.75, 3.05) is 5.73 Å². The molecule has 3 nitrogen and oxygen atoms in total. The lowest BCUT2D eigenvalue weighted by molar-refractivity contribution is 0.629. The van der Waals surface area contributed by atoms with Gasteiger partial charge in [0.05, 0.1) is 15.1 Å². The van der Waals surface area contributed by atoms with E-state index in [-0.39, 0.29) is 5.82 Å². The van der Waals surface area contributed by atoms with Gasteiger partial charge in [0.1, 0.15) is 11.5 Å². The van der Waals surface area contributed by atoms with Crippen LogP contribution in [0.15, 0.2) is 34.7 Å². The average Bonchev–Trinajstić information content (AvgIpc) is 2.79. The predicted octanol–water partition coefficient (Wildman–Crippen LogP) is 5.04. The number of nitrogens with zero attached hydrogens (tertiary/aromatic N) is 1. The number of benzene rings is 1. The third kappa shape index (κ3) is 2.14. The van der Waals surface area contributed by atoms with Crippen LogP contribution in [0.25, 0.3) is 22.4 Å². The van der Waals surface area contributed by atoms with E-state index in [9.17, 15) is 0 Å². The fourth-order valence-corrected chi connectivity index (χ4v) is 2.47. The first-order valence-corrected chi connectivity index (χ1v) is 6.49. The first-order chi connectivity index (χ1) is 9.06. The molecule has 0 fully saturated rings. The zero-order chi connectivity index (χ0) is 13.6. The molecule has 0 aliphatic carbocycles. The number of pyridine rings is 1. The molecule has 19 heavy (non-hydrogen) atoms. The van der Waals surface area contributed by atoms with E-state index >= 15 is 0 Å². The topological polar surface area (TPSA) is 52.0 Å². The first kappa shape index (κ1) is 12.6. The van der Waals surface area contributed by atoms with Crippen molar-refractivity contribution in [2.24, 2.45) is 0 Å². The third-order valence-electron chi connectivity index (χ3n) is 2.69. The summed E-state index contributed by atoms with van der Waals surface area (Å²) in [4.78, 5) is 4.14. The summed E-state index contributed by atoms with van der Waals surface area (Å²) in [5.74, 6) is 0.698. The fraction of sp³-hybridized carbons (Fsp3) is 0. The summed E-state index contributed by atoms with van der Waals surface area (Å²) in [5.41, 5.74) is 6.71. The van der Waals surface area contributed by atoms with Gasteiger partial charge in [0, 0.05) is 5.39 Å². The van der Waals surface area contributed by atoms with Crippen molar-refractivity contribution in [3.63, 3.8) is 0 Å². The number of hydrogen-bond acceptors (Lipinski definition) is 3. The number of nitrogens with two attached hydrogens (primary N) is 1. The minimum atomic E-state index is 0.201. The number of furan rings is 1. The molecule has 3 rings (SSSR count). The van der Waals surface area contributed by atoms with Crippen LogP contribution in [-0.4, -0.2) is 4.98 Å². The van der Waals surface area contributed by atoms with E-state index in [0.29, 0.717) is 32.1 Å². The van der Waals surface area contributed by atoms with Crippen LogP contribution < -0.4 is 5.73 Å². The van der Waals surface area contributed by atoms with E-state index in [1.54, 1.807) is 6.07 Å². The molecule has 3 aromatic rings. The van der Waals surface area contributed by atoms with Crippen molar-refractivity contribution < 1.29 is 4.42 Å². The van der Waals surface area contributed by atoms with E-state index in [1.165, 1.54) is 6.07 Å². The van der Waals surface area contributed by atoms with E-state index in [1.807, 2.05) is 18.2 Å². The number of rotatable bonds is 1. The molecular formula is C13H7Cl3N2O. The number of fused-ring (bicyclic) bond motifs is 1.